The van der Waals surface area contributed by atoms with Crippen LogP contribution in [-0.2, 0) is 4.74 Å². The molecule has 0 N–H and O–H groups in total. The number of hydrogen-bond donors (Lipinski definition) is 0. The minimum Gasteiger partial charge on any atom is -0.374 e. The second-order valence-electron chi connectivity index (χ2n) is 4.80. The molecule has 0 spiro atoms. The first-order valence-corrected chi connectivity index (χ1v) is 7.08. The first-order valence-electron chi connectivity index (χ1n) is 6.32. The average Bonchev–Trinajstić information content (AvgIpc) is 2.41. The molecule has 1 saturated carbocycles. The third kappa shape index (κ3) is 2.29. The number of aromatic nitrogens is 2. The lowest BCUT2D eigenvalue weighted by Crippen LogP contribution is -2.53. The standard InChI is InChI=1S/C12H15Cl2N3O/c13-11-7-9(12(14)16-15-11)17-5-6-18-10-4-2-1-3-8(10)17/h7-8,10H,1-6H2. The summed E-state index contributed by atoms with van der Waals surface area (Å²) in [5.41, 5.74) is 0.886. The van der Waals surface area contributed by atoms with Crippen LogP contribution in [0.1, 0.15) is 25.7 Å². The van der Waals surface area contributed by atoms with E-state index in [4.69, 9.17) is 27.9 Å². The quantitative estimate of drug-likeness (QED) is 0.796. The molecule has 6 heteroatoms. The largest absolute Gasteiger partial charge is 0.374 e. The second kappa shape index (κ2) is 5.19. The fraction of sp³-hybridized carbons (Fsp3) is 0.667. The average molecular weight is 288 g/mol. The van der Waals surface area contributed by atoms with Gasteiger partial charge in [0, 0.05) is 12.6 Å². The van der Waals surface area contributed by atoms with Gasteiger partial charge in [-0.1, -0.05) is 36.0 Å². The van der Waals surface area contributed by atoms with Crippen molar-refractivity contribution < 1.29 is 4.74 Å². The topological polar surface area (TPSA) is 38.2 Å². The van der Waals surface area contributed by atoms with E-state index in [1.54, 1.807) is 6.07 Å². The van der Waals surface area contributed by atoms with Crippen LogP contribution in [0.25, 0.3) is 0 Å². The summed E-state index contributed by atoms with van der Waals surface area (Å²) in [6.07, 6.45) is 5.07. The van der Waals surface area contributed by atoms with Gasteiger partial charge in [-0.15, -0.1) is 10.2 Å². The summed E-state index contributed by atoms with van der Waals surface area (Å²) in [4.78, 5) is 2.29. The Hall–Kier alpha value is -0.580. The van der Waals surface area contributed by atoms with Gasteiger partial charge >= 0.3 is 0 Å². The minimum atomic E-state index is 0.315. The van der Waals surface area contributed by atoms with Crippen LogP contribution in [0.15, 0.2) is 6.07 Å². The van der Waals surface area contributed by atoms with Crippen molar-refractivity contribution in [3.8, 4) is 0 Å². The summed E-state index contributed by atoms with van der Waals surface area (Å²) in [6.45, 7) is 1.57. The van der Waals surface area contributed by atoms with E-state index in [1.165, 1.54) is 12.8 Å². The number of hydrogen-bond acceptors (Lipinski definition) is 4. The summed E-state index contributed by atoms with van der Waals surface area (Å²) >= 11 is 12.1. The molecule has 3 rings (SSSR count). The number of fused-ring (bicyclic) bond motifs is 1. The molecule has 1 aromatic rings. The third-order valence-corrected chi connectivity index (χ3v) is 4.20. The molecule has 0 amide bonds. The molecule has 0 radical (unpaired) electrons. The highest BCUT2D eigenvalue weighted by Gasteiger charge is 2.35. The Labute approximate surface area is 116 Å². The number of nitrogens with zero attached hydrogens (tertiary/aromatic N) is 3. The lowest BCUT2D eigenvalue weighted by atomic mass is 9.90. The van der Waals surface area contributed by atoms with Crippen LogP contribution in [0.5, 0.6) is 0 Å². The van der Waals surface area contributed by atoms with Gasteiger partial charge in [0.15, 0.2) is 10.3 Å². The monoisotopic (exact) mass is 287 g/mol. The fourth-order valence-electron chi connectivity index (χ4n) is 2.94. The molecule has 2 heterocycles. The van der Waals surface area contributed by atoms with Crippen molar-refractivity contribution in [2.45, 2.75) is 37.8 Å². The van der Waals surface area contributed by atoms with Crippen LogP contribution in [0.2, 0.25) is 10.3 Å². The van der Waals surface area contributed by atoms with E-state index >= 15 is 0 Å². The molecular weight excluding hydrogens is 273 g/mol. The first kappa shape index (κ1) is 12.5. The summed E-state index contributed by atoms with van der Waals surface area (Å²) in [7, 11) is 0. The highest BCUT2D eigenvalue weighted by molar-refractivity contribution is 6.33. The van der Waals surface area contributed by atoms with Crippen molar-refractivity contribution in [3.63, 3.8) is 0 Å². The van der Waals surface area contributed by atoms with E-state index < -0.39 is 0 Å². The summed E-state index contributed by atoms with van der Waals surface area (Å²) in [5, 5.41) is 8.46. The normalized spacial score (nSPS) is 28.0. The van der Waals surface area contributed by atoms with Crippen LogP contribution in [0.3, 0.4) is 0 Å². The summed E-state index contributed by atoms with van der Waals surface area (Å²) < 4.78 is 5.85. The van der Waals surface area contributed by atoms with Gasteiger partial charge in [0.2, 0.25) is 0 Å². The molecule has 1 aliphatic carbocycles. The lowest BCUT2D eigenvalue weighted by Gasteiger charge is -2.45. The first-order chi connectivity index (χ1) is 8.75. The van der Waals surface area contributed by atoms with Crippen LogP contribution < -0.4 is 4.90 Å². The van der Waals surface area contributed by atoms with Gasteiger partial charge in [-0.3, -0.25) is 0 Å². The lowest BCUT2D eigenvalue weighted by molar-refractivity contribution is -0.00869. The zero-order valence-electron chi connectivity index (χ0n) is 9.98. The maximum Gasteiger partial charge on any atom is 0.175 e. The molecule has 1 aliphatic heterocycles. The van der Waals surface area contributed by atoms with Gasteiger partial charge in [0.1, 0.15) is 0 Å². The van der Waals surface area contributed by atoms with Crippen LogP contribution >= 0.6 is 23.2 Å². The van der Waals surface area contributed by atoms with Gasteiger partial charge in [-0.25, -0.2) is 0 Å². The number of morpholine rings is 1. The Morgan fingerprint density at radius 2 is 2.06 bits per heavy atom. The predicted molar refractivity (Wildman–Crippen MR) is 71.4 cm³/mol. The predicted octanol–water partition coefficient (Wildman–Crippen LogP) is 2.93. The Balaban J connectivity index is 1.91. The molecule has 98 valence electrons. The van der Waals surface area contributed by atoms with Gasteiger partial charge < -0.3 is 9.64 Å². The third-order valence-electron chi connectivity index (χ3n) is 3.74. The molecule has 4 nitrogen and oxygen atoms in total. The minimum absolute atomic E-state index is 0.315. The van der Waals surface area contributed by atoms with Crippen molar-refractivity contribution in [2.75, 3.05) is 18.1 Å². The molecule has 2 fully saturated rings. The van der Waals surface area contributed by atoms with E-state index in [1.807, 2.05) is 0 Å². The number of ether oxygens (including phenoxy) is 1. The smallest absolute Gasteiger partial charge is 0.175 e. The van der Waals surface area contributed by atoms with Crippen molar-refractivity contribution in [1.82, 2.24) is 10.2 Å². The second-order valence-corrected chi connectivity index (χ2v) is 5.54. The zero-order chi connectivity index (χ0) is 12.5. The SMILES string of the molecule is Clc1cc(N2CCOC3CCCCC32)c(Cl)nn1. The summed E-state index contributed by atoms with van der Waals surface area (Å²) in [6, 6.07) is 2.19. The van der Waals surface area contributed by atoms with Gasteiger partial charge in [-0.2, -0.15) is 0 Å². The number of anilines is 1. The molecule has 2 aliphatic rings. The Morgan fingerprint density at radius 1 is 1.22 bits per heavy atom. The molecule has 2 unspecified atom stereocenters. The number of halogens is 2. The number of rotatable bonds is 1. The molecule has 0 bridgehead atoms. The van der Waals surface area contributed by atoms with Crippen LogP contribution in [-0.4, -0.2) is 35.5 Å². The van der Waals surface area contributed by atoms with Gasteiger partial charge in [0.05, 0.1) is 24.4 Å². The molecule has 0 aromatic carbocycles. The van der Waals surface area contributed by atoms with E-state index in [2.05, 4.69) is 15.1 Å². The summed E-state index contributed by atoms with van der Waals surface area (Å²) in [5.74, 6) is 0. The maximum atomic E-state index is 6.15. The fourth-order valence-corrected chi connectivity index (χ4v) is 3.28. The van der Waals surface area contributed by atoms with E-state index in [0.29, 0.717) is 22.5 Å². The molecule has 18 heavy (non-hydrogen) atoms. The maximum absolute atomic E-state index is 6.15. The highest BCUT2D eigenvalue weighted by atomic mass is 35.5. The van der Waals surface area contributed by atoms with Gasteiger partial charge in [0.25, 0.3) is 0 Å². The molecular formula is C12H15Cl2N3O. The van der Waals surface area contributed by atoms with E-state index in [0.717, 1.165) is 31.7 Å². The van der Waals surface area contributed by atoms with Crippen LogP contribution in [0.4, 0.5) is 5.69 Å². The molecule has 1 saturated heterocycles. The van der Waals surface area contributed by atoms with E-state index in [-0.39, 0.29) is 0 Å². The molecule has 1 aromatic heterocycles. The van der Waals surface area contributed by atoms with Crippen LogP contribution in [0, 0.1) is 0 Å². The zero-order valence-corrected chi connectivity index (χ0v) is 11.5. The van der Waals surface area contributed by atoms with Crippen molar-refractivity contribution in [1.29, 1.82) is 0 Å². The Kier molecular flexibility index (Phi) is 3.59. The van der Waals surface area contributed by atoms with Crippen molar-refractivity contribution in [3.05, 3.63) is 16.4 Å². The Bertz CT molecular complexity index is 441. The Morgan fingerprint density at radius 3 is 2.94 bits per heavy atom. The van der Waals surface area contributed by atoms with Crippen molar-refractivity contribution >= 4 is 28.9 Å². The highest BCUT2D eigenvalue weighted by Crippen LogP contribution is 2.35. The molecule has 2 atom stereocenters. The van der Waals surface area contributed by atoms with Gasteiger partial charge in [-0.05, 0) is 12.8 Å². The van der Waals surface area contributed by atoms with E-state index in [9.17, 15) is 0 Å². The van der Waals surface area contributed by atoms with Crippen molar-refractivity contribution in [2.24, 2.45) is 0 Å².